The van der Waals surface area contributed by atoms with Crippen LogP contribution in [-0.4, -0.2) is 28.5 Å². The van der Waals surface area contributed by atoms with Crippen LogP contribution in [0.25, 0.3) is 10.9 Å². The van der Waals surface area contributed by atoms with E-state index in [1.807, 2.05) is 24.3 Å². The smallest absolute Gasteiger partial charge is 0.220 e. The molecule has 0 bridgehead atoms. The Bertz CT molecular complexity index is 660. The zero-order valence-electron chi connectivity index (χ0n) is 14.1. The van der Waals surface area contributed by atoms with E-state index >= 15 is 0 Å². The third-order valence-corrected chi connectivity index (χ3v) is 4.64. The molecule has 1 amide bonds. The molecule has 3 rings (SSSR count). The first-order valence-corrected chi connectivity index (χ1v) is 9.06. The quantitative estimate of drug-likeness (QED) is 0.628. The summed E-state index contributed by atoms with van der Waals surface area (Å²) in [5.41, 5.74) is 0.932. The summed E-state index contributed by atoms with van der Waals surface area (Å²) in [6.07, 6.45) is 10.3. The molecule has 0 unspecified atom stereocenters. The predicted molar refractivity (Wildman–Crippen MR) is 96.9 cm³/mol. The lowest BCUT2D eigenvalue weighted by Gasteiger charge is -2.16. The third-order valence-electron chi connectivity index (χ3n) is 4.64. The number of hydrogen-bond donors (Lipinski definition) is 2. The molecule has 24 heavy (non-hydrogen) atoms. The molecule has 0 radical (unpaired) electrons. The van der Waals surface area contributed by atoms with Crippen molar-refractivity contribution in [2.75, 3.05) is 11.9 Å². The molecule has 0 spiro atoms. The lowest BCUT2D eigenvalue weighted by molar-refractivity contribution is -0.121. The van der Waals surface area contributed by atoms with E-state index in [1.165, 1.54) is 25.7 Å². The fourth-order valence-electron chi connectivity index (χ4n) is 3.32. The van der Waals surface area contributed by atoms with E-state index in [0.29, 0.717) is 12.5 Å². The number of carbonyl (C=O) groups excluding carboxylic acids is 1. The van der Waals surface area contributed by atoms with E-state index in [-0.39, 0.29) is 5.91 Å². The lowest BCUT2D eigenvalue weighted by Crippen LogP contribution is -2.34. The summed E-state index contributed by atoms with van der Waals surface area (Å²) in [6.45, 7) is 0.735. The lowest BCUT2D eigenvalue weighted by atomic mass is 10.1. The maximum absolute atomic E-state index is 12.1. The third kappa shape index (κ3) is 4.66. The van der Waals surface area contributed by atoms with Crippen molar-refractivity contribution in [1.29, 1.82) is 0 Å². The van der Waals surface area contributed by atoms with Gasteiger partial charge in [0.15, 0.2) is 0 Å². The Morgan fingerprint density at radius 1 is 1.08 bits per heavy atom. The van der Waals surface area contributed by atoms with E-state index in [2.05, 4.69) is 20.6 Å². The molecule has 0 aliphatic heterocycles. The van der Waals surface area contributed by atoms with E-state index < -0.39 is 0 Å². The number of anilines is 1. The minimum Gasteiger partial charge on any atom is -0.369 e. The van der Waals surface area contributed by atoms with Crippen molar-refractivity contribution in [3.05, 3.63) is 30.6 Å². The van der Waals surface area contributed by atoms with Crippen LogP contribution in [0.2, 0.25) is 0 Å². The average molecular weight is 326 g/mol. The first kappa shape index (κ1) is 16.7. The summed E-state index contributed by atoms with van der Waals surface area (Å²) in [5, 5.41) is 7.54. The molecule has 128 valence electrons. The molecular weight excluding hydrogens is 300 g/mol. The van der Waals surface area contributed by atoms with Gasteiger partial charge in [0.05, 0.1) is 5.52 Å². The number of carbonyl (C=O) groups is 1. The molecule has 1 saturated carbocycles. The number of rotatable bonds is 6. The molecule has 2 aromatic rings. The highest BCUT2D eigenvalue weighted by atomic mass is 16.1. The molecule has 2 N–H and O–H groups in total. The minimum atomic E-state index is 0.177. The summed E-state index contributed by atoms with van der Waals surface area (Å²) in [7, 11) is 0. The molecule has 1 aliphatic carbocycles. The van der Waals surface area contributed by atoms with E-state index in [4.69, 9.17) is 0 Å². The molecule has 1 fully saturated rings. The van der Waals surface area contributed by atoms with Crippen molar-refractivity contribution >= 4 is 22.6 Å². The summed E-state index contributed by atoms with van der Waals surface area (Å²) in [4.78, 5) is 20.6. The van der Waals surface area contributed by atoms with Crippen LogP contribution in [0.3, 0.4) is 0 Å². The Morgan fingerprint density at radius 3 is 2.71 bits per heavy atom. The normalized spacial score (nSPS) is 15.8. The van der Waals surface area contributed by atoms with Crippen molar-refractivity contribution in [2.45, 2.75) is 57.4 Å². The van der Waals surface area contributed by atoms with Gasteiger partial charge in [-0.1, -0.05) is 37.8 Å². The number of nitrogens with zero attached hydrogens (tertiary/aromatic N) is 2. The fraction of sp³-hybridized carbons (Fsp3) is 0.526. The maximum atomic E-state index is 12.1. The van der Waals surface area contributed by atoms with Crippen LogP contribution in [-0.2, 0) is 4.79 Å². The van der Waals surface area contributed by atoms with Gasteiger partial charge >= 0.3 is 0 Å². The number of para-hydroxylation sites is 1. The minimum absolute atomic E-state index is 0.177. The van der Waals surface area contributed by atoms with Crippen LogP contribution in [0.5, 0.6) is 0 Å². The van der Waals surface area contributed by atoms with Gasteiger partial charge in [0.2, 0.25) is 5.91 Å². The van der Waals surface area contributed by atoms with E-state index in [1.54, 1.807) is 6.33 Å². The molecule has 5 heteroatoms. The van der Waals surface area contributed by atoms with Crippen molar-refractivity contribution in [1.82, 2.24) is 15.3 Å². The van der Waals surface area contributed by atoms with Crippen LogP contribution in [0.1, 0.15) is 51.4 Å². The van der Waals surface area contributed by atoms with Crippen molar-refractivity contribution in [3.63, 3.8) is 0 Å². The summed E-state index contributed by atoms with van der Waals surface area (Å²) in [5.74, 6) is 1.01. The summed E-state index contributed by atoms with van der Waals surface area (Å²) in [6, 6.07) is 8.33. The van der Waals surface area contributed by atoms with Gasteiger partial charge in [0.1, 0.15) is 12.1 Å². The van der Waals surface area contributed by atoms with Gasteiger partial charge in [-0.25, -0.2) is 9.97 Å². The van der Waals surface area contributed by atoms with Gasteiger partial charge in [-0.3, -0.25) is 4.79 Å². The predicted octanol–water partition coefficient (Wildman–Crippen LogP) is 3.66. The van der Waals surface area contributed by atoms with Crippen LogP contribution in [0, 0.1) is 0 Å². The zero-order valence-corrected chi connectivity index (χ0v) is 14.1. The first-order valence-electron chi connectivity index (χ1n) is 9.06. The largest absolute Gasteiger partial charge is 0.369 e. The topological polar surface area (TPSA) is 66.9 Å². The van der Waals surface area contributed by atoms with Crippen LogP contribution in [0.4, 0.5) is 5.82 Å². The second kappa shape index (κ2) is 8.62. The average Bonchev–Trinajstić information content (AvgIpc) is 2.87. The molecule has 5 nitrogen and oxygen atoms in total. The molecule has 0 saturated heterocycles. The van der Waals surface area contributed by atoms with Crippen LogP contribution < -0.4 is 10.6 Å². The Balaban J connectivity index is 1.42. The van der Waals surface area contributed by atoms with E-state index in [9.17, 15) is 4.79 Å². The number of fused-ring (bicyclic) bond motifs is 1. The second-order valence-corrected chi connectivity index (χ2v) is 6.53. The Kier molecular flexibility index (Phi) is 5.99. The number of nitrogens with one attached hydrogen (secondary N) is 2. The second-order valence-electron chi connectivity index (χ2n) is 6.53. The zero-order chi connectivity index (χ0) is 16.6. The van der Waals surface area contributed by atoms with Gasteiger partial charge in [0.25, 0.3) is 0 Å². The first-order chi connectivity index (χ1) is 11.8. The van der Waals surface area contributed by atoms with Crippen molar-refractivity contribution < 1.29 is 4.79 Å². The molecule has 1 heterocycles. The Labute approximate surface area is 143 Å². The summed E-state index contributed by atoms with van der Waals surface area (Å²) >= 11 is 0. The molecular formula is C19H26N4O. The number of aromatic nitrogens is 2. The number of hydrogen-bond acceptors (Lipinski definition) is 4. The van der Waals surface area contributed by atoms with Gasteiger partial charge in [-0.15, -0.1) is 0 Å². The maximum Gasteiger partial charge on any atom is 0.220 e. The Hall–Kier alpha value is -2.17. The van der Waals surface area contributed by atoms with Crippen molar-refractivity contribution in [2.24, 2.45) is 0 Å². The van der Waals surface area contributed by atoms with Gasteiger partial charge in [0, 0.05) is 24.4 Å². The number of benzene rings is 1. The van der Waals surface area contributed by atoms with Gasteiger partial charge in [-0.2, -0.15) is 0 Å². The molecule has 1 aliphatic rings. The monoisotopic (exact) mass is 326 g/mol. The van der Waals surface area contributed by atoms with Gasteiger partial charge in [-0.05, 0) is 31.4 Å². The Morgan fingerprint density at radius 2 is 1.88 bits per heavy atom. The van der Waals surface area contributed by atoms with Crippen LogP contribution in [0.15, 0.2) is 30.6 Å². The number of amides is 1. The molecule has 1 aromatic carbocycles. The van der Waals surface area contributed by atoms with Crippen molar-refractivity contribution in [3.8, 4) is 0 Å². The SMILES string of the molecule is O=C(CCCNc1ncnc2ccccc12)NC1CCCCCC1. The molecule has 1 aromatic heterocycles. The van der Waals surface area contributed by atoms with Gasteiger partial charge < -0.3 is 10.6 Å². The van der Waals surface area contributed by atoms with Crippen LogP contribution >= 0.6 is 0 Å². The summed E-state index contributed by atoms with van der Waals surface area (Å²) < 4.78 is 0. The fourth-order valence-corrected chi connectivity index (χ4v) is 3.32. The molecule has 0 atom stereocenters. The highest BCUT2D eigenvalue weighted by molar-refractivity contribution is 5.88. The standard InChI is InChI=1S/C19H26N4O/c24-18(23-15-8-3-1-2-4-9-15)12-7-13-20-19-16-10-5-6-11-17(16)21-14-22-19/h5-6,10-11,14-15H,1-4,7-9,12-13H2,(H,23,24)(H,20,21,22). The highest BCUT2D eigenvalue weighted by Gasteiger charge is 2.14. The van der Waals surface area contributed by atoms with E-state index in [0.717, 1.165) is 42.5 Å². The highest BCUT2D eigenvalue weighted by Crippen LogP contribution is 2.19.